The van der Waals surface area contributed by atoms with Crippen molar-refractivity contribution in [1.29, 1.82) is 0 Å². The molecule has 0 heterocycles. The van der Waals surface area contributed by atoms with E-state index in [4.69, 9.17) is 5.73 Å². The van der Waals surface area contributed by atoms with E-state index < -0.39 is 0 Å². The van der Waals surface area contributed by atoms with E-state index in [1.165, 1.54) is 0 Å². The number of nitrogens with two attached hydrogens (primary N) is 1. The monoisotopic (exact) mass is 252 g/mol. The average molecular weight is 252 g/mol. The quantitative estimate of drug-likeness (QED) is 0.518. The molecule has 4 nitrogen and oxygen atoms in total. The predicted molar refractivity (Wildman–Crippen MR) is 80.8 cm³/mol. The highest BCUT2D eigenvalue weighted by Gasteiger charge is 2.12. The lowest BCUT2D eigenvalue weighted by Crippen LogP contribution is -2.33. The Labute approximate surface area is 112 Å². The molecule has 0 saturated heterocycles. The molecule has 0 unspecified atom stereocenters. The zero-order chi connectivity index (χ0) is 13.5. The third-order valence-electron chi connectivity index (χ3n) is 2.53. The number of anilines is 2. The van der Waals surface area contributed by atoms with Gasteiger partial charge in [-0.25, -0.2) is 0 Å². The van der Waals surface area contributed by atoms with Crippen molar-refractivity contribution in [1.82, 2.24) is 0 Å². The molecule has 0 aliphatic heterocycles. The molecule has 0 spiro atoms. The van der Waals surface area contributed by atoms with E-state index in [9.17, 15) is 0 Å². The molecule has 0 aliphatic carbocycles. The van der Waals surface area contributed by atoms with Gasteiger partial charge >= 0.3 is 0 Å². The lowest BCUT2D eigenvalue weighted by Gasteiger charge is -2.23. The molecule has 0 fully saturated rings. The van der Waals surface area contributed by atoms with E-state index in [0.717, 1.165) is 11.4 Å². The van der Waals surface area contributed by atoms with Gasteiger partial charge in [-0.2, -0.15) is 5.10 Å². The SMILES string of the molecule is CC=NN=C(N)N(c1ccccc1)c1ccccc1. The number of rotatable bonds is 3. The first-order valence-corrected chi connectivity index (χ1v) is 6.04. The lowest BCUT2D eigenvalue weighted by atomic mass is 10.2. The highest BCUT2D eigenvalue weighted by molar-refractivity contribution is 6.01. The molecule has 2 aromatic rings. The molecule has 2 aromatic carbocycles. The average Bonchev–Trinajstić information content (AvgIpc) is 2.47. The zero-order valence-corrected chi connectivity index (χ0v) is 10.8. The summed E-state index contributed by atoms with van der Waals surface area (Å²) in [6, 6.07) is 19.7. The molecule has 0 radical (unpaired) electrons. The predicted octanol–water partition coefficient (Wildman–Crippen LogP) is 3.15. The van der Waals surface area contributed by atoms with E-state index in [1.807, 2.05) is 65.6 Å². The van der Waals surface area contributed by atoms with Gasteiger partial charge < -0.3 is 5.73 Å². The van der Waals surface area contributed by atoms with Crippen molar-refractivity contribution in [3.8, 4) is 0 Å². The maximum atomic E-state index is 6.03. The molecule has 0 bridgehead atoms. The van der Waals surface area contributed by atoms with Crippen molar-refractivity contribution in [2.24, 2.45) is 15.9 Å². The minimum atomic E-state index is 0.329. The Hall–Kier alpha value is -2.62. The molecule has 2 rings (SSSR count). The van der Waals surface area contributed by atoms with Gasteiger partial charge in [-0.3, -0.25) is 4.90 Å². The fourth-order valence-corrected chi connectivity index (χ4v) is 1.73. The standard InChI is InChI=1S/C15H16N4/c1-2-17-18-15(16)19(13-9-5-3-6-10-13)14-11-7-4-8-12-14/h2-12H,1H3,(H2,16,18). The maximum Gasteiger partial charge on any atom is 0.225 e. The van der Waals surface area contributed by atoms with Gasteiger partial charge in [0.1, 0.15) is 0 Å². The molecule has 2 N–H and O–H groups in total. The van der Waals surface area contributed by atoms with Crippen LogP contribution in [0.2, 0.25) is 0 Å². The number of guanidine groups is 1. The van der Waals surface area contributed by atoms with E-state index in [2.05, 4.69) is 10.2 Å². The summed E-state index contributed by atoms with van der Waals surface area (Å²) in [5.74, 6) is 0.329. The molecule has 4 heteroatoms. The van der Waals surface area contributed by atoms with Gasteiger partial charge in [-0.15, -0.1) is 5.10 Å². The summed E-state index contributed by atoms with van der Waals surface area (Å²) in [4.78, 5) is 1.85. The Bertz CT molecular complexity index is 522. The summed E-state index contributed by atoms with van der Waals surface area (Å²) in [7, 11) is 0. The van der Waals surface area contributed by atoms with Crippen LogP contribution in [0.4, 0.5) is 11.4 Å². The van der Waals surface area contributed by atoms with E-state index in [-0.39, 0.29) is 0 Å². The summed E-state index contributed by atoms with van der Waals surface area (Å²) in [5, 5.41) is 7.83. The van der Waals surface area contributed by atoms with Crippen LogP contribution in [0.3, 0.4) is 0 Å². The van der Waals surface area contributed by atoms with Crippen LogP contribution in [-0.2, 0) is 0 Å². The summed E-state index contributed by atoms with van der Waals surface area (Å²) < 4.78 is 0. The van der Waals surface area contributed by atoms with Crippen LogP contribution in [0.1, 0.15) is 6.92 Å². The summed E-state index contributed by atoms with van der Waals surface area (Å²) in [6.45, 7) is 1.80. The summed E-state index contributed by atoms with van der Waals surface area (Å²) >= 11 is 0. The molecule has 0 aromatic heterocycles. The summed E-state index contributed by atoms with van der Waals surface area (Å²) in [6.07, 6.45) is 1.60. The van der Waals surface area contributed by atoms with Crippen molar-refractivity contribution in [3.05, 3.63) is 60.7 Å². The highest BCUT2D eigenvalue weighted by atomic mass is 15.3. The van der Waals surface area contributed by atoms with E-state index in [1.54, 1.807) is 13.1 Å². The maximum absolute atomic E-state index is 6.03. The molecule has 19 heavy (non-hydrogen) atoms. The van der Waals surface area contributed by atoms with Crippen LogP contribution in [0.5, 0.6) is 0 Å². The van der Waals surface area contributed by atoms with Gasteiger partial charge in [0.2, 0.25) is 5.96 Å². The fraction of sp³-hybridized carbons (Fsp3) is 0.0667. The Morgan fingerprint density at radius 2 is 1.42 bits per heavy atom. The van der Waals surface area contributed by atoms with Crippen LogP contribution in [0, 0.1) is 0 Å². The van der Waals surface area contributed by atoms with Crippen LogP contribution < -0.4 is 10.6 Å². The number of nitrogens with zero attached hydrogens (tertiary/aromatic N) is 3. The second-order valence-corrected chi connectivity index (χ2v) is 3.84. The first kappa shape index (κ1) is 12.8. The number of hydrogen-bond donors (Lipinski definition) is 1. The largest absolute Gasteiger partial charge is 0.368 e. The zero-order valence-electron chi connectivity index (χ0n) is 10.8. The van der Waals surface area contributed by atoms with E-state index >= 15 is 0 Å². The van der Waals surface area contributed by atoms with Gasteiger partial charge in [0, 0.05) is 17.6 Å². The molecule has 96 valence electrons. The third-order valence-corrected chi connectivity index (χ3v) is 2.53. The van der Waals surface area contributed by atoms with Crippen LogP contribution in [0.25, 0.3) is 0 Å². The minimum absolute atomic E-state index is 0.329. The van der Waals surface area contributed by atoms with Crippen molar-refractivity contribution < 1.29 is 0 Å². The number of para-hydroxylation sites is 2. The van der Waals surface area contributed by atoms with Gasteiger partial charge in [0.25, 0.3) is 0 Å². The summed E-state index contributed by atoms with van der Waals surface area (Å²) in [5.41, 5.74) is 7.92. The molecule has 0 saturated carbocycles. The Morgan fingerprint density at radius 1 is 0.947 bits per heavy atom. The minimum Gasteiger partial charge on any atom is -0.368 e. The van der Waals surface area contributed by atoms with Crippen LogP contribution in [0.15, 0.2) is 70.9 Å². The second-order valence-electron chi connectivity index (χ2n) is 3.84. The van der Waals surface area contributed by atoms with Gasteiger partial charge in [-0.1, -0.05) is 36.4 Å². The van der Waals surface area contributed by atoms with Crippen molar-refractivity contribution in [2.75, 3.05) is 4.90 Å². The Morgan fingerprint density at radius 3 is 1.84 bits per heavy atom. The van der Waals surface area contributed by atoms with Gasteiger partial charge in [-0.05, 0) is 31.2 Å². The first-order chi connectivity index (χ1) is 9.33. The van der Waals surface area contributed by atoms with Crippen molar-refractivity contribution >= 4 is 23.5 Å². The molecular weight excluding hydrogens is 236 g/mol. The van der Waals surface area contributed by atoms with Gasteiger partial charge in [0.15, 0.2) is 0 Å². The number of benzene rings is 2. The Kier molecular flexibility index (Phi) is 4.29. The molecule has 0 amide bonds. The first-order valence-electron chi connectivity index (χ1n) is 6.04. The van der Waals surface area contributed by atoms with E-state index in [0.29, 0.717) is 5.96 Å². The van der Waals surface area contributed by atoms with Gasteiger partial charge in [0.05, 0.1) is 0 Å². The van der Waals surface area contributed by atoms with Crippen molar-refractivity contribution in [2.45, 2.75) is 6.92 Å². The fourth-order valence-electron chi connectivity index (χ4n) is 1.73. The van der Waals surface area contributed by atoms with Crippen molar-refractivity contribution in [3.63, 3.8) is 0 Å². The lowest BCUT2D eigenvalue weighted by molar-refractivity contribution is 1.18. The Balaban J connectivity index is 2.46. The molecule has 0 atom stereocenters. The highest BCUT2D eigenvalue weighted by Crippen LogP contribution is 2.24. The topological polar surface area (TPSA) is 54.0 Å². The number of hydrogen-bond acceptors (Lipinski definition) is 2. The second kappa shape index (κ2) is 6.35. The molecule has 0 aliphatic rings. The molecular formula is C15H16N4. The van der Waals surface area contributed by atoms with Crippen LogP contribution >= 0.6 is 0 Å². The third kappa shape index (κ3) is 3.19. The normalized spacial score (nSPS) is 11.7. The smallest absolute Gasteiger partial charge is 0.225 e. The van der Waals surface area contributed by atoms with Crippen LogP contribution in [-0.4, -0.2) is 12.2 Å².